The first-order valence-corrected chi connectivity index (χ1v) is 8.50. The molecule has 1 aromatic heterocycles. The third-order valence-electron chi connectivity index (χ3n) is 4.22. The lowest BCUT2D eigenvalue weighted by Crippen LogP contribution is -2.24. The maximum absolute atomic E-state index is 13.1. The third kappa shape index (κ3) is 4.16. The summed E-state index contributed by atoms with van der Waals surface area (Å²) in [6.45, 7) is 0.486. The van der Waals surface area contributed by atoms with Crippen LogP contribution in [0.5, 0.6) is 5.75 Å². The summed E-state index contributed by atoms with van der Waals surface area (Å²) in [6.07, 6.45) is 0. The van der Waals surface area contributed by atoms with Crippen LogP contribution in [0.25, 0.3) is 5.69 Å². The molecule has 0 aliphatic carbocycles. The van der Waals surface area contributed by atoms with Crippen molar-refractivity contribution >= 4 is 5.91 Å². The number of amides is 1. The van der Waals surface area contributed by atoms with Gasteiger partial charge >= 0.3 is 6.61 Å². The number of benzene rings is 2. The van der Waals surface area contributed by atoms with Gasteiger partial charge in [-0.05, 0) is 44.2 Å². The van der Waals surface area contributed by atoms with Gasteiger partial charge < -0.3 is 10.1 Å². The van der Waals surface area contributed by atoms with Crippen LogP contribution in [-0.4, -0.2) is 22.3 Å². The fraction of sp³-hybridized carbons (Fsp3) is 0.200. The molecule has 1 heterocycles. The van der Waals surface area contributed by atoms with E-state index in [0.717, 1.165) is 0 Å². The second kappa shape index (κ2) is 8.16. The van der Waals surface area contributed by atoms with E-state index >= 15 is 0 Å². The number of carbonyl (C=O) groups is 1. The number of rotatable bonds is 6. The Morgan fingerprint density at radius 1 is 1.14 bits per heavy atom. The first-order valence-electron chi connectivity index (χ1n) is 8.50. The number of hydrogen-bond donors (Lipinski definition) is 1. The molecule has 0 aliphatic rings. The van der Waals surface area contributed by atoms with Crippen molar-refractivity contribution in [1.82, 2.24) is 15.1 Å². The van der Waals surface area contributed by atoms with E-state index in [2.05, 4.69) is 15.2 Å². The van der Waals surface area contributed by atoms with Crippen molar-refractivity contribution in [1.29, 1.82) is 0 Å². The van der Waals surface area contributed by atoms with Crippen LogP contribution in [-0.2, 0) is 6.54 Å². The second-order valence-corrected chi connectivity index (χ2v) is 6.10. The van der Waals surface area contributed by atoms with Gasteiger partial charge in [0.1, 0.15) is 11.6 Å². The minimum atomic E-state index is -2.95. The number of nitrogens with zero attached hydrogens (tertiary/aromatic N) is 2. The number of aromatic nitrogens is 2. The van der Waals surface area contributed by atoms with Crippen molar-refractivity contribution in [2.75, 3.05) is 0 Å². The van der Waals surface area contributed by atoms with Gasteiger partial charge in [-0.2, -0.15) is 13.9 Å². The summed E-state index contributed by atoms with van der Waals surface area (Å²) in [5.74, 6) is -0.753. The SMILES string of the molecule is Cc1nn(-c2ccc(F)cc2)c(C)c1C(=O)NCc1ccccc1OC(F)F. The molecule has 0 radical (unpaired) electrons. The van der Waals surface area contributed by atoms with Crippen LogP contribution >= 0.6 is 0 Å². The number of carbonyl (C=O) groups excluding carboxylic acids is 1. The van der Waals surface area contributed by atoms with Crippen molar-refractivity contribution < 1.29 is 22.7 Å². The summed E-state index contributed by atoms with van der Waals surface area (Å²) < 4.78 is 44.2. The molecule has 0 bridgehead atoms. The fourth-order valence-electron chi connectivity index (χ4n) is 2.93. The molecule has 0 spiro atoms. The average molecular weight is 389 g/mol. The molecule has 5 nitrogen and oxygen atoms in total. The van der Waals surface area contributed by atoms with Crippen LogP contribution in [0.1, 0.15) is 27.3 Å². The smallest absolute Gasteiger partial charge is 0.387 e. The van der Waals surface area contributed by atoms with Gasteiger partial charge in [0.15, 0.2) is 0 Å². The van der Waals surface area contributed by atoms with Crippen LogP contribution in [0.2, 0.25) is 0 Å². The number of halogens is 3. The van der Waals surface area contributed by atoms with Crippen molar-refractivity contribution in [2.45, 2.75) is 27.0 Å². The standard InChI is InChI=1S/C20H18F3N3O2/c1-12-18(13(2)26(25-12)16-9-7-15(21)8-10-16)19(27)24-11-14-5-3-4-6-17(14)28-20(22)23/h3-10,20H,11H2,1-2H3,(H,24,27). The summed E-state index contributed by atoms with van der Waals surface area (Å²) in [4.78, 5) is 12.7. The van der Waals surface area contributed by atoms with Gasteiger partial charge in [0.25, 0.3) is 5.91 Å². The zero-order valence-corrected chi connectivity index (χ0v) is 15.2. The van der Waals surface area contributed by atoms with Crippen LogP contribution in [0.3, 0.4) is 0 Å². The molecular formula is C20H18F3N3O2. The van der Waals surface area contributed by atoms with Crippen LogP contribution in [0.15, 0.2) is 48.5 Å². The maximum atomic E-state index is 13.1. The number of para-hydroxylation sites is 1. The van der Waals surface area contributed by atoms with E-state index in [1.165, 1.54) is 18.2 Å². The van der Waals surface area contributed by atoms with E-state index in [4.69, 9.17) is 0 Å². The van der Waals surface area contributed by atoms with Gasteiger partial charge in [-0.3, -0.25) is 4.79 Å². The van der Waals surface area contributed by atoms with Crippen LogP contribution in [0, 0.1) is 19.7 Å². The Labute approximate surface area is 159 Å². The van der Waals surface area contributed by atoms with E-state index in [9.17, 15) is 18.0 Å². The van der Waals surface area contributed by atoms with Crippen LogP contribution < -0.4 is 10.1 Å². The van der Waals surface area contributed by atoms with Gasteiger partial charge in [-0.25, -0.2) is 9.07 Å². The Kier molecular flexibility index (Phi) is 5.67. The quantitative estimate of drug-likeness (QED) is 0.689. The molecule has 3 rings (SSSR count). The molecule has 0 saturated heterocycles. The van der Waals surface area contributed by atoms with Gasteiger partial charge in [0.05, 0.1) is 22.6 Å². The largest absolute Gasteiger partial charge is 0.434 e. The van der Waals surface area contributed by atoms with Gasteiger partial charge in [-0.1, -0.05) is 18.2 Å². The summed E-state index contributed by atoms with van der Waals surface area (Å²) >= 11 is 0. The topological polar surface area (TPSA) is 56.2 Å². The summed E-state index contributed by atoms with van der Waals surface area (Å²) in [5, 5.41) is 7.06. The zero-order valence-electron chi connectivity index (χ0n) is 15.2. The average Bonchev–Trinajstić information content (AvgIpc) is 2.95. The lowest BCUT2D eigenvalue weighted by molar-refractivity contribution is -0.0504. The van der Waals surface area contributed by atoms with Crippen LogP contribution in [0.4, 0.5) is 13.2 Å². The molecule has 0 aliphatic heterocycles. The highest BCUT2D eigenvalue weighted by molar-refractivity contribution is 5.96. The number of ether oxygens (including phenoxy) is 1. The number of hydrogen-bond acceptors (Lipinski definition) is 3. The Hall–Kier alpha value is -3.29. The van der Waals surface area contributed by atoms with Gasteiger partial charge in [0.2, 0.25) is 0 Å². The van der Waals surface area contributed by atoms with Gasteiger partial charge in [-0.15, -0.1) is 0 Å². The summed E-state index contributed by atoms with van der Waals surface area (Å²) in [6, 6.07) is 12.0. The lowest BCUT2D eigenvalue weighted by Gasteiger charge is -2.11. The van der Waals surface area contributed by atoms with E-state index in [0.29, 0.717) is 28.2 Å². The highest BCUT2D eigenvalue weighted by Gasteiger charge is 2.20. The van der Waals surface area contributed by atoms with E-state index < -0.39 is 12.5 Å². The van der Waals surface area contributed by atoms with E-state index in [1.807, 2.05) is 0 Å². The van der Waals surface area contributed by atoms with Gasteiger partial charge in [0, 0.05) is 12.1 Å². The van der Waals surface area contributed by atoms with E-state index in [-0.39, 0.29) is 18.1 Å². The molecule has 2 aromatic carbocycles. The zero-order chi connectivity index (χ0) is 20.3. The molecule has 0 fully saturated rings. The first kappa shape index (κ1) is 19.5. The predicted octanol–water partition coefficient (Wildman–Crippen LogP) is 4.16. The molecule has 146 valence electrons. The minimum absolute atomic E-state index is 0.00764. The molecule has 1 N–H and O–H groups in total. The van der Waals surface area contributed by atoms with Crippen molar-refractivity contribution in [2.24, 2.45) is 0 Å². The molecule has 3 aromatic rings. The maximum Gasteiger partial charge on any atom is 0.387 e. The first-order chi connectivity index (χ1) is 13.4. The highest BCUT2D eigenvalue weighted by atomic mass is 19.3. The molecule has 0 atom stereocenters. The summed E-state index contributed by atoms with van der Waals surface area (Å²) in [5.41, 5.74) is 2.50. The highest BCUT2D eigenvalue weighted by Crippen LogP contribution is 2.21. The van der Waals surface area contributed by atoms with Crippen molar-refractivity contribution in [3.63, 3.8) is 0 Å². The minimum Gasteiger partial charge on any atom is -0.434 e. The van der Waals surface area contributed by atoms with Crippen molar-refractivity contribution in [3.8, 4) is 11.4 Å². The Bertz CT molecular complexity index is 985. The predicted molar refractivity (Wildman–Crippen MR) is 97.2 cm³/mol. The monoisotopic (exact) mass is 389 g/mol. The molecular weight excluding hydrogens is 371 g/mol. The molecule has 28 heavy (non-hydrogen) atoms. The summed E-state index contributed by atoms with van der Waals surface area (Å²) in [7, 11) is 0. The third-order valence-corrected chi connectivity index (χ3v) is 4.22. The molecule has 8 heteroatoms. The molecule has 0 unspecified atom stereocenters. The molecule has 0 saturated carbocycles. The number of nitrogens with one attached hydrogen (secondary N) is 1. The molecule has 1 amide bonds. The Morgan fingerprint density at radius 2 is 1.82 bits per heavy atom. The Morgan fingerprint density at radius 3 is 2.50 bits per heavy atom. The number of aryl methyl sites for hydroxylation is 1. The normalized spacial score (nSPS) is 10.9. The van der Waals surface area contributed by atoms with E-state index in [1.54, 1.807) is 48.9 Å². The lowest BCUT2D eigenvalue weighted by atomic mass is 10.1. The Balaban J connectivity index is 1.80. The van der Waals surface area contributed by atoms with Crippen molar-refractivity contribution in [3.05, 3.63) is 76.9 Å². The number of alkyl halides is 2. The second-order valence-electron chi connectivity index (χ2n) is 6.10. The fourth-order valence-corrected chi connectivity index (χ4v) is 2.93.